The van der Waals surface area contributed by atoms with E-state index in [0.717, 1.165) is 12.4 Å². The maximum absolute atomic E-state index is 14.0. The van der Waals surface area contributed by atoms with Crippen molar-refractivity contribution in [1.82, 2.24) is 25.6 Å². The molecule has 3 rings (SSSR count). The Balaban J connectivity index is 1.80. The number of aromatic nitrogens is 3. The molecule has 0 amide bonds. The van der Waals surface area contributed by atoms with E-state index in [4.69, 9.17) is 10.1 Å². The SMILES string of the molecule is N#Cc1cc(-c2ncnc(N/C(C=N)=C/NC(F)F)n2)ccc1OC1CCNCC1F. The molecule has 0 radical (unpaired) electrons. The number of halogens is 3. The zero-order valence-corrected chi connectivity index (χ0v) is 16.1. The largest absolute Gasteiger partial charge is 0.486 e. The van der Waals surface area contributed by atoms with Crippen LogP contribution in [0.4, 0.5) is 19.1 Å². The molecule has 0 bridgehead atoms. The van der Waals surface area contributed by atoms with Gasteiger partial charge in [-0.1, -0.05) is 0 Å². The maximum atomic E-state index is 14.0. The fraction of sp³-hybridized carbons (Fsp3) is 0.316. The molecule has 0 saturated carbocycles. The monoisotopic (exact) mass is 432 g/mol. The molecule has 1 fully saturated rings. The number of ether oxygens (including phenoxy) is 1. The third-order valence-electron chi connectivity index (χ3n) is 4.33. The summed E-state index contributed by atoms with van der Waals surface area (Å²) in [6.07, 6.45) is 1.61. The number of allylic oxidation sites excluding steroid dienone is 1. The third-order valence-corrected chi connectivity index (χ3v) is 4.33. The molecule has 2 unspecified atom stereocenters. The van der Waals surface area contributed by atoms with Crippen molar-refractivity contribution in [3.05, 3.63) is 42.0 Å². The molecule has 4 N–H and O–H groups in total. The first kappa shape index (κ1) is 22.0. The smallest absolute Gasteiger partial charge is 0.312 e. The van der Waals surface area contributed by atoms with E-state index in [0.29, 0.717) is 18.5 Å². The first-order valence-electron chi connectivity index (χ1n) is 9.27. The summed E-state index contributed by atoms with van der Waals surface area (Å²) in [6, 6.07) is 6.70. The van der Waals surface area contributed by atoms with E-state index in [2.05, 4.69) is 25.6 Å². The molecule has 31 heavy (non-hydrogen) atoms. The summed E-state index contributed by atoms with van der Waals surface area (Å²) in [6.45, 7) is -1.96. The molecule has 1 aromatic heterocycles. The van der Waals surface area contributed by atoms with Gasteiger partial charge in [-0.25, -0.2) is 14.4 Å². The van der Waals surface area contributed by atoms with Gasteiger partial charge in [0.05, 0.1) is 11.3 Å². The van der Waals surface area contributed by atoms with Crippen LogP contribution >= 0.6 is 0 Å². The van der Waals surface area contributed by atoms with Crippen molar-refractivity contribution in [1.29, 1.82) is 10.7 Å². The highest BCUT2D eigenvalue weighted by Gasteiger charge is 2.27. The van der Waals surface area contributed by atoms with Gasteiger partial charge in [-0.2, -0.15) is 19.0 Å². The van der Waals surface area contributed by atoms with Crippen LogP contribution in [0.25, 0.3) is 11.4 Å². The molecule has 2 heterocycles. The highest BCUT2D eigenvalue weighted by molar-refractivity contribution is 5.79. The van der Waals surface area contributed by atoms with Gasteiger partial charge >= 0.3 is 6.55 Å². The van der Waals surface area contributed by atoms with Crippen LogP contribution in [0.5, 0.6) is 5.75 Å². The minimum Gasteiger partial charge on any atom is -0.486 e. The van der Waals surface area contributed by atoms with Gasteiger partial charge < -0.3 is 26.1 Å². The lowest BCUT2D eigenvalue weighted by Gasteiger charge is -2.27. The maximum Gasteiger partial charge on any atom is 0.312 e. The Labute approximate surface area is 175 Å². The van der Waals surface area contributed by atoms with Crippen molar-refractivity contribution in [2.75, 3.05) is 18.4 Å². The zero-order chi connectivity index (χ0) is 22.2. The average Bonchev–Trinajstić information content (AvgIpc) is 2.78. The fourth-order valence-corrected chi connectivity index (χ4v) is 2.84. The quantitative estimate of drug-likeness (QED) is 0.369. The Morgan fingerprint density at radius 3 is 2.94 bits per heavy atom. The van der Waals surface area contributed by atoms with Crippen molar-refractivity contribution < 1.29 is 17.9 Å². The molecule has 1 aromatic carbocycles. The van der Waals surface area contributed by atoms with E-state index in [-0.39, 0.29) is 35.3 Å². The number of hydrogen-bond donors (Lipinski definition) is 4. The number of nitrogens with zero attached hydrogens (tertiary/aromatic N) is 4. The van der Waals surface area contributed by atoms with Crippen molar-refractivity contribution in [2.24, 2.45) is 0 Å². The summed E-state index contributed by atoms with van der Waals surface area (Å²) >= 11 is 0. The number of piperidine rings is 1. The Morgan fingerprint density at radius 1 is 1.39 bits per heavy atom. The Kier molecular flexibility index (Phi) is 7.34. The molecule has 12 heteroatoms. The lowest BCUT2D eigenvalue weighted by Crippen LogP contribution is -2.44. The third kappa shape index (κ3) is 5.89. The minimum absolute atomic E-state index is 0.00154. The van der Waals surface area contributed by atoms with Gasteiger partial charge in [-0.3, -0.25) is 0 Å². The Morgan fingerprint density at radius 2 is 2.23 bits per heavy atom. The van der Waals surface area contributed by atoms with Crippen LogP contribution in [0.15, 0.2) is 36.4 Å². The van der Waals surface area contributed by atoms with Crippen LogP contribution in [0.2, 0.25) is 0 Å². The van der Waals surface area contributed by atoms with Crippen LogP contribution in [0.3, 0.4) is 0 Å². The number of alkyl halides is 3. The van der Waals surface area contributed by atoms with Gasteiger partial charge in [0.2, 0.25) is 5.95 Å². The van der Waals surface area contributed by atoms with Crippen LogP contribution in [-0.4, -0.2) is 53.1 Å². The standard InChI is InChI=1S/C19H19F3N8O/c20-14-9-25-4-3-16(14)31-15-2-1-11(5-12(15)6-23)17-27-10-28-19(30-17)29-13(7-24)8-26-18(21)22/h1-2,5,7-8,10,14,16,18,24-26H,3-4,9H2,(H,27,28,29,30)/b13-8+,24-7?. The van der Waals surface area contributed by atoms with Crippen molar-refractivity contribution in [2.45, 2.75) is 25.2 Å². The summed E-state index contributed by atoms with van der Waals surface area (Å²) in [5.41, 5.74) is 0.670. The lowest BCUT2D eigenvalue weighted by atomic mass is 10.1. The molecule has 9 nitrogen and oxygen atoms in total. The number of benzene rings is 1. The fourth-order valence-electron chi connectivity index (χ4n) is 2.84. The highest BCUT2D eigenvalue weighted by Crippen LogP contribution is 2.27. The summed E-state index contributed by atoms with van der Waals surface area (Å²) < 4.78 is 44.3. The van der Waals surface area contributed by atoms with E-state index in [1.165, 1.54) is 12.4 Å². The van der Waals surface area contributed by atoms with Crippen LogP contribution in [0, 0.1) is 16.7 Å². The summed E-state index contributed by atoms with van der Waals surface area (Å²) in [5.74, 6) is 0.488. The van der Waals surface area contributed by atoms with Gasteiger partial charge in [0, 0.05) is 24.5 Å². The Bertz CT molecular complexity index is 994. The Hall–Kier alpha value is -3.72. The average molecular weight is 432 g/mol. The predicted molar refractivity (Wildman–Crippen MR) is 106 cm³/mol. The number of nitriles is 1. The molecule has 1 aliphatic rings. The summed E-state index contributed by atoms with van der Waals surface area (Å²) in [5, 5.41) is 24.1. The van der Waals surface area contributed by atoms with E-state index < -0.39 is 18.8 Å². The first-order chi connectivity index (χ1) is 15.0. The molecule has 0 spiro atoms. The van der Waals surface area contributed by atoms with Crippen molar-refractivity contribution in [3.63, 3.8) is 0 Å². The van der Waals surface area contributed by atoms with E-state index in [1.807, 2.05) is 6.07 Å². The zero-order valence-electron chi connectivity index (χ0n) is 16.1. The van der Waals surface area contributed by atoms with Gasteiger partial charge in [0.15, 0.2) is 5.82 Å². The van der Waals surface area contributed by atoms with Gasteiger partial charge in [-0.05, 0) is 31.2 Å². The first-order valence-corrected chi connectivity index (χ1v) is 9.27. The second-order valence-electron chi connectivity index (χ2n) is 6.46. The van der Waals surface area contributed by atoms with Crippen molar-refractivity contribution in [3.8, 4) is 23.2 Å². The second kappa shape index (κ2) is 10.4. The number of anilines is 1. The number of rotatable bonds is 8. The lowest BCUT2D eigenvalue weighted by molar-refractivity contribution is 0.0729. The van der Waals surface area contributed by atoms with E-state index in [9.17, 15) is 18.4 Å². The minimum atomic E-state index is -2.78. The molecule has 1 aliphatic heterocycles. The number of nitrogens with one attached hydrogen (secondary N) is 4. The number of hydrogen-bond acceptors (Lipinski definition) is 9. The highest BCUT2D eigenvalue weighted by atomic mass is 19.3. The molecular formula is C19H19F3N8O. The van der Waals surface area contributed by atoms with Gasteiger partial charge in [0.25, 0.3) is 0 Å². The molecule has 2 atom stereocenters. The summed E-state index contributed by atoms with van der Waals surface area (Å²) in [7, 11) is 0. The summed E-state index contributed by atoms with van der Waals surface area (Å²) in [4.78, 5) is 12.1. The molecule has 2 aromatic rings. The van der Waals surface area contributed by atoms with Crippen LogP contribution in [-0.2, 0) is 0 Å². The molecule has 0 aliphatic carbocycles. The second-order valence-corrected chi connectivity index (χ2v) is 6.46. The van der Waals surface area contributed by atoms with Crippen LogP contribution < -0.4 is 20.7 Å². The van der Waals surface area contributed by atoms with E-state index >= 15 is 0 Å². The molecule has 162 valence electrons. The normalized spacial score (nSPS) is 18.9. The van der Waals surface area contributed by atoms with Crippen LogP contribution in [0.1, 0.15) is 12.0 Å². The molecular weight excluding hydrogens is 413 g/mol. The van der Waals surface area contributed by atoms with Crippen molar-refractivity contribution >= 4 is 12.2 Å². The van der Waals surface area contributed by atoms with E-state index in [1.54, 1.807) is 17.4 Å². The topological polar surface area (TPSA) is 132 Å². The molecule has 1 saturated heterocycles. The van der Waals surface area contributed by atoms with Gasteiger partial charge in [-0.15, -0.1) is 0 Å². The van der Waals surface area contributed by atoms with Gasteiger partial charge in [0.1, 0.15) is 30.4 Å². The predicted octanol–water partition coefficient (Wildman–Crippen LogP) is 2.20.